The van der Waals surface area contributed by atoms with Gasteiger partial charge in [0.15, 0.2) is 5.58 Å². The van der Waals surface area contributed by atoms with Crippen LogP contribution in [0.2, 0.25) is 5.02 Å². The van der Waals surface area contributed by atoms with Crippen LogP contribution in [0.3, 0.4) is 0 Å². The Hall–Kier alpha value is -4.10. The molecule has 7 nitrogen and oxygen atoms in total. The maximum Gasteiger partial charge on any atom is 0.335 e. The first-order valence-electron chi connectivity index (χ1n) is 10.2. The van der Waals surface area contributed by atoms with Gasteiger partial charge in [0.05, 0.1) is 28.2 Å². The highest BCUT2D eigenvalue weighted by atomic mass is 35.5. The Labute approximate surface area is 193 Å². The fourth-order valence-corrected chi connectivity index (χ4v) is 4.14. The van der Waals surface area contributed by atoms with Gasteiger partial charge < -0.3 is 19.5 Å². The molecule has 0 fully saturated rings. The lowest BCUT2D eigenvalue weighted by Crippen LogP contribution is -2.23. The number of carbonyl (C=O) groups excluding carboxylic acids is 1. The Bertz CT molecular complexity index is 1500. The number of benzene rings is 3. The first-order valence-corrected chi connectivity index (χ1v) is 10.6. The number of nitrogens with zero attached hydrogens (tertiary/aromatic N) is 2. The molecule has 0 unspecified atom stereocenters. The summed E-state index contributed by atoms with van der Waals surface area (Å²) >= 11 is 6.15. The van der Waals surface area contributed by atoms with Gasteiger partial charge in [-0.05, 0) is 47.5 Å². The zero-order chi connectivity index (χ0) is 22.9. The summed E-state index contributed by atoms with van der Waals surface area (Å²) in [6.45, 7) is 0.793. The van der Waals surface area contributed by atoms with Crippen LogP contribution >= 0.6 is 11.6 Å². The second-order valence-corrected chi connectivity index (χ2v) is 8.12. The number of halogens is 1. The summed E-state index contributed by atoms with van der Waals surface area (Å²) in [5, 5.41) is 18.2. The first-order chi connectivity index (χ1) is 16.0. The van der Waals surface area contributed by atoms with E-state index in [-0.39, 0.29) is 18.0 Å². The predicted molar refractivity (Wildman–Crippen MR) is 125 cm³/mol. The molecule has 0 saturated carbocycles. The van der Waals surface area contributed by atoms with Gasteiger partial charge in [0.2, 0.25) is 0 Å². The fraction of sp³-hybridized carbons (Fsp3) is 0.0800. The number of hydrogen-bond acceptors (Lipinski definition) is 4. The number of fused-ring (bicyclic) bond motifs is 3. The monoisotopic (exact) mass is 459 g/mol. The number of carbonyl (C=O) groups is 2. The van der Waals surface area contributed by atoms with E-state index in [1.54, 1.807) is 24.4 Å². The molecule has 0 atom stereocenters. The standard InChI is InChI=1S/C25H18ClN3O4/c26-18-3-1-2-16(10-18)14-29-9-8-19-21-13-28-33-22(21)11-20(23(19)29)24(30)27-12-15-4-6-17(7-5-15)25(31)32/h1-11,13H,12,14H2,(H,27,30)(H,31,32). The van der Waals surface area contributed by atoms with Crippen LogP contribution in [0.15, 0.2) is 77.6 Å². The smallest absolute Gasteiger partial charge is 0.335 e. The normalized spacial score (nSPS) is 11.2. The third-order valence-corrected chi connectivity index (χ3v) is 5.76. The largest absolute Gasteiger partial charge is 0.478 e. The van der Waals surface area contributed by atoms with Crippen molar-refractivity contribution in [3.8, 4) is 0 Å². The van der Waals surface area contributed by atoms with E-state index in [0.29, 0.717) is 22.7 Å². The van der Waals surface area contributed by atoms with Crippen molar-refractivity contribution in [1.29, 1.82) is 0 Å². The molecule has 164 valence electrons. The number of aromatic carboxylic acids is 1. The van der Waals surface area contributed by atoms with Crippen LogP contribution in [0.5, 0.6) is 0 Å². The van der Waals surface area contributed by atoms with Crippen LogP contribution in [-0.4, -0.2) is 26.7 Å². The Morgan fingerprint density at radius 3 is 2.61 bits per heavy atom. The Balaban J connectivity index is 1.49. The number of rotatable bonds is 6. The summed E-state index contributed by atoms with van der Waals surface area (Å²) in [5.41, 5.74) is 3.75. The summed E-state index contributed by atoms with van der Waals surface area (Å²) in [6, 6.07) is 17.6. The van der Waals surface area contributed by atoms with Crippen molar-refractivity contribution >= 4 is 45.3 Å². The van der Waals surface area contributed by atoms with E-state index in [0.717, 1.165) is 27.4 Å². The van der Waals surface area contributed by atoms with E-state index >= 15 is 0 Å². The Kier molecular flexibility index (Phi) is 5.32. The van der Waals surface area contributed by atoms with Gasteiger partial charge in [0, 0.05) is 29.7 Å². The highest BCUT2D eigenvalue weighted by Gasteiger charge is 2.19. The fourth-order valence-electron chi connectivity index (χ4n) is 3.92. The van der Waals surface area contributed by atoms with E-state index < -0.39 is 5.97 Å². The zero-order valence-electron chi connectivity index (χ0n) is 17.3. The lowest BCUT2D eigenvalue weighted by molar-refractivity contribution is 0.0696. The molecule has 0 spiro atoms. The highest BCUT2D eigenvalue weighted by molar-refractivity contribution is 6.30. The molecule has 2 N–H and O–H groups in total. The lowest BCUT2D eigenvalue weighted by Gasteiger charge is -2.12. The molecule has 2 heterocycles. The zero-order valence-corrected chi connectivity index (χ0v) is 18.0. The quantitative estimate of drug-likeness (QED) is 0.367. The number of nitrogens with one attached hydrogen (secondary N) is 1. The Morgan fingerprint density at radius 1 is 1.03 bits per heavy atom. The van der Waals surface area contributed by atoms with Crippen molar-refractivity contribution in [3.05, 3.63) is 100 Å². The summed E-state index contributed by atoms with van der Waals surface area (Å²) in [6.07, 6.45) is 3.58. The SMILES string of the molecule is O=C(O)c1ccc(CNC(=O)c2cc3oncc3c3ccn(Cc4cccc(Cl)c4)c23)cc1. The van der Waals surface area contributed by atoms with E-state index in [9.17, 15) is 9.59 Å². The van der Waals surface area contributed by atoms with Gasteiger partial charge in [-0.2, -0.15) is 0 Å². The van der Waals surface area contributed by atoms with Gasteiger partial charge in [-0.15, -0.1) is 0 Å². The Morgan fingerprint density at radius 2 is 1.85 bits per heavy atom. The molecule has 0 aliphatic rings. The van der Waals surface area contributed by atoms with Gasteiger partial charge in [-0.25, -0.2) is 4.79 Å². The summed E-state index contributed by atoms with van der Waals surface area (Å²) in [5.74, 6) is -1.26. The van der Waals surface area contributed by atoms with Crippen molar-refractivity contribution in [1.82, 2.24) is 15.0 Å². The molecule has 0 aliphatic heterocycles. The molecular formula is C25H18ClN3O4. The number of amides is 1. The van der Waals surface area contributed by atoms with Crippen molar-refractivity contribution < 1.29 is 19.2 Å². The molecule has 5 aromatic rings. The summed E-state index contributed by atoms with van der Waals surface area (Å²) in [7, 11) is 0. The number of aromatic nitrogens is 2. The van der Waals surface area contributed by atoms with Gasteiger partial charge in [0.1, 0.15) is 0 Å². The average Bonchev–Trinajstić information content (AvgIpc) is 3.44. The van der Waals surface area contributed by atoms with E-state index in [1.165, 1.54) is 12.1 Å². The van der Waals surface area contributed by atoms with Crippen LogP contribution < -0.4 is 5.32 Å². The van der Waals surface area contributed by atoms with Crippen molar-refractivity contribution in [2.75, 3.05) is 0 Å². The molecule has 0 radical (unpaired) electrons. The van der Waals surface area contributed by atoms with Crippen molar-refractivity contribution in [2.45, 2.75) is 13.1 Å². The summed E-state index contributed by atoms with van der Waals surface area (Å²) in [4.78, 5) is 24.3. The second kappa shape index (κ2) is 8.44. The van der Waals surface area contributed by atoms with Crippen molar-refractivity contribution in [3.63, 3.8) is 0 Å². The van der Waals surface area contributed by atoms with E-state index in [4.69, 9.17) is 21.2 Å². The average molecular weight is 460 g/mol. The molecule has 5 rings (SSSR count). The van der Waals surface area contributed by atoms with Crippen LogP contribution in [0.4, 0.5) is 0 Å². The summed E-state index contributed by atoms with van der Waals surface area (Å²) < 4.78 is 7.35. The van der Waals surface area contributed by atoms with Crippen LogP contribution in [0, 0.1) is 0 Å². The third-order valence-electron chi connectivity index (χ3n) is 5.52. The van der Waals surface area contributed by atoms with Gasteiger partial charge in [-0.1, -0.05) is 41.0 Å². The minimum absolute atomic E-state index is 0.196. The number of hydrogen-bond donors (Lipinski definition) is 2. The topological polar surface area (TPSA) is 97.4 Å². The number of carboxylic acid groups (broad SMARTS) is 1. The molecule has 0 aliphatic carbocycles. The van der Waals surface area contributed by atoms with Gasteiger partial charge in [-0.3, -0.25) is 4.79 Å². The van der Waals surface area contributed by atoms with Crippen LogP contribution in [0.25, 0.3) is 21.9 Å². The maximum atomic E-state index is 13.2. The van der Waals surface area contributed by atoms with Crippen molar-refractivity contribution in [2.24, 2.45) is 0 Å². The van der Waals surface area contributed by atoms with E-state index in [2.05, 4.69) is 10.5 Å². The molecule has 0 saturated heterocycles. The van der Waals surface area contributed by atoms with Crippen LogP contribution in [-0.2, 0) is 13.1 Å². The molecule has 0 bridgehead atoms. The molecular weight excluding hydrogens is 442 g/mol. The highest BCUT2D eigenvalue weighted by Crippen LogP contribution is 2.30. The molecule has 1 amide bonds. The lowest BCUT2D eigenvalue weighted by atomic mass is 10.1. The molecule has 3 aromatic carbocycles. The van der Waals surface area contributed by atoms with E-state index in [1.807, 2.05) is 41.1 Å². The molecule has 2 aromatic heterocycles. The van der Waals surface area contributed by atoms with Gasteiger partial charge in [0.25, 0.3) is 5.91 Å². The molecule has 8 heteroatoms. The minimum Gasteiger partial charge on any atom is -0.478 e. The number of carboxylic acids is 1. The minimum atomic E-state index is -0.992. The molecule has 33 heavy (non-hydrogen) atoms. The first kappa shape index (κ1) is 20.8. The van der Waals surface area contributed by atoms with Gasteiger partial charge >= 0.3 is 5.97 Å². The third kappa shape index (κ3) is 4.06. The maximum absolute atomic E-state index is 13.2. The second-order valence-electron chi connectivity index (χ2n) is 7.68. The predicted octanol–water partition coefficient (Wildman–Crippen LogP) is 5.11. The van der Waals surface area contributed by atoms with Crippen LogP contribution in [0.1, 0.15) is 31.8 Å².